The Morgan fingerprint density at radius 2 is 2.05 bits per heavy atom. The number of nitrogens with one attached hydrogen (secondary N) is 1. The minimum atomic E-state index is -3.66. The number of hydrogen-bond acceptors (Lipinski definition) is 4. The van der Waals surface area contributed by atoms with E-state index >= 15 is 0 Å². The van der Waals surface area contributed by atoms with Gasteiger partial charge in [0.15, 0.2) is 0 Å². The van der Waals surface area contributed by atoms with Crippen LogP contribution in [0.1, 0.15) is 31.7 Å². The fraction of sp³-hybridized carbons (Fsp3) is 0.571. The highest BCUT2D eigenvalue weighted by molar-refractivity contribution is 7.89. The first-order chi connectivity index (χ1) is 9.81. The smallest absolute Gasteiger partial charge is 0.240 e. The topological polar surface area (TPSA) is 92.4 Å². The van der Waals surface area contributed by atoms with Gasteiger partial charge in [0.1, 0.15) is 0 Å². The summed E-state index contributed by atoms with van der Waals surface area (Å²) in [5, 5.41) is 9.31. The lowest BCUT2D eigenvalue weighted by Crippen LogP contribution is -2.30. The maximum Gasteiger partial charge on any atom is 0.240 e. The number of hydrogen-bond donors (Lipinski definition) is 3. The summed E-state index contributed by atoms with van der Waals surface area (Å²) in [6.45, 7) is 4.02. The Morgan fingerprint density at radius 3 is 2.62 bits per heavy atom. The van der Waals surface area contributed by atoms with Gasteiger partial charge in [0.2, 0.25) is 10.0 Å². The number of aliphatic hydroxyl groups is 1. The van der Waals surface area contributed by atoms with E-state index < -0.39 is 10.0 Å². The number of anilines is 1. The van der Waals surface area contributed by atoms with Crippen LogP contribution in [0.25, 0.3) is 0 Å². The molecule has 0 spiro atoms. The Balaban J connectivity index is 2.91. The molecule has 0 aliphatic heterocycles. The highest BCUT2D eigenvalue weighted by Gasteiger charge is 2.20. The second kappa shape index (κ2) is 7.98. The molecule has 0 bridgehead atoms. The van der Waals surface area contributed by atoms with Crippen molar-refractivity contribution in [1.29, 1.82) is 0 Å². The van der Waals surface area contributed by atoms with Crippen LogP contribution in [-0.4, -0.2) is 26.7 Å². The molecule has 4 N–H and O–H groups in total. The van der Waals surface area contributed by atoms with E-state index in [1.54, 1.807) is 6.92 Å². The molecule has 120 valence electrons. The van der Waals surface area contributed by atoms with Gasteiger partial charge in [-0.05, 0) is 43.4 Å². The molecule has 1 unspecified atom stereocenters. The first-order valence-corrected chi connectivity index (χ1v) is 8.84. The Morgan fingerprint density at radius 1 is 1.38 bits per heavy atom. The van der Waals surface area contributed by atoms with Crippen molar-refractivity contribution >= 4 is 27.3 Å². The Hall–Kier alpha value is -0.820. The maximum absolute atomic E-state index is 12.4. The SMILES string of the molecule is CCCC(CCO)CNS(=O)(=O)c1cc(Cl)cc(N)c1C. The van der Waals surface area contributed by atoms with E-state index in [0.717, 1.165) is 12.8 Å². The van der Waals surface area contributed by atoms with Gasteiger partial charge in [-0.1, -0.05) is 24.9 Å². The number of rotatable bonds is 8. The van der Waals surface area contributed by atoms with Crippen LogP contribution < -0.4 is 10.5 Å². The van der Waals surface area contributed by atoms with Crippen LogP contribution in [-0.2, 0) is 10.0 Å². The van der Waals surface area contributed by atoms with Gasteiger partial charge < -0.3 is 10.8 Å². The third-order valence-electron chi connectivity index (χ3n) is 3.45. The number of benzene rings is 1. The van der Waals surface area contributed by atoms with Crippen molar-refractivity contribution in [3.05, 3.63) is 22.7 Å². The van der Waals surface area contributed by atoms with E-state index in [-0.39, 0.29) is 17.4 Å². The maximum atomic E-state index is 12.4. The fourth-order valence-electron chi connectivity index (χ4n) is 2.20. The van der Waals surface area contributed by atoms with E-state index in [1.807, 2.05) is 6.92 Å². The van der Waals surface area contributed by atoms with Gasteiger partial charge in [-0.25, -0.2) is 13.1 Å². The van der Waals surface area contributed by atoms with Gasteiger partial charge in [-0.3, -0.25) is 0 Å². The zero-order chi connectivity index (χ0) is 16.0. The number of nitrogens with two attached hydrogens (primary N) is 1. The molecule has 5 nitrogen and oxygen atoms in total. The van der Waals surface area contributed by atoms with Gasteiger partial charge in [-0.2, -0.15) is 0 Å². The number of nitrogen functional groups attached to an aromatic ring is 1. The van der Waals surface area contributed by atoms with Crippen molar-refractivity contribution in [3.63, 3.8) is 0 Å². The molecular weight excluding hydrogens is 312 g/mol. The van der Waals surface area contributed by atoms with Gasteiger partial charge in [0.05, 0.1) is 4.90 Å². The summed E-state index contributed by atoms with van der Waals surface area (Å²) < 4.78 is 27.4. The lowest BCUT2D eigenvalue weighted by atomic mass is 10.0. The first kappa shape index (κ1) is 18.2. The van der Waals surface area contributed by atoms with Crippen molar-refractivity contribution in [3.8, 4) is 0 Å². The molecule has 0 saturated heterocycles. The summed E-state index contributed by atoms with van der Waals surface area (Å²) in [5.41, 5.74) is 6.60. The summed E-state index contributed by atoms with van der Waals surface area (Å²) in [6, 6.07) is 2.93. The average Bonchev–Trinajstić information content (AvgIpc) is 2.40. The molecule has 21 heavy (non-hydrogen) atoms. The van der Waals surface area contributed by atoms with Crippen LogP contribution in [0.15, 0.2) is 17.0 Å². The monoisotopic (exact) mass is 334 g/mol. The van der Waals surface area contributed by atoms with Crippen LogP contribution in [0.2, 0.25) is 5.02 Å². The van der Waals surface area contributed by atoms with Crippen LogP contribution >= 0.6 is 11.6 Å². The van der Waals surface area contributed by atoms with Crippen molar-refractivity contribution in [1.82, 2.24) is 4.72 Å². The second-order valence-corrected chi connectivity index (χ2v) is 7.31. The van der Waals surface area contributed by atoms with E-state index in [2.05, 4.69) is 4.72 Å². The third kappa shape index (κ3) is 5.14. The molecule has 0 radical (unpaired) electrons. The highest BCUT2D eigenvalue weighted by Crippen LogP contribution is 2.26. The highest BCUT2D eigenvalue weighted by atomic mass is 35.5. The second-order valence-electron chi connectivity index (χ2n) is 5.14. The van der Waals surface area contributed by atoms with Crippen molar-refractivity contribution < 1.29 is 13.5 Å². The summed E-state index contributed by atoms with van der Waals surface area (Å²) >= 11 is 5.89. The Kier molecular flexibility index (Phi) is 6.93. The van der Waals surface area contributed by atoms with Gasteiger partial charge in [0.25, 0.3) is 0 Å². The molecule has 0 heterocycles. The van der Waals surface area contributed by atoms with Crippen LogP contribution in [0.5, 0.6) is 0 Å². The summed E-state index contributed by atoms with van der Waals surface area (Å²) in [7, 11) is -3.66. The minimum Gasteiger partial charge on any atom is -0.398 e. The van der Waals surface area contributed by atoms with Gasteiger partial charge in [0, 0.05) is 23.9 Å². The van der Waals surface area contributed by atoms with Crippen LogP contribution in [0.4, 0.5) is 5.69 Å². The van der Waals surface area contributed by atoms with Crippen molar-refractivity contribution in [2.75, 3.05) is 18.9 Å². The lowest BCUT2D eigenvalue weighted by Gasteiger charge is -2.17. The zero-order valence-corrected chi connectivity index (χ0v) is 14.0. The molecule has 0 aliphatic rings. The van der Waals surface area contributed by atoms with E-state index in [9.17, 15) is 8.42 Å². The van der Waals surface area contributed by atoms with Crippen molar-refractivity contribution in [2.24, 2.45) is 5.92 Å². The summed E-state index contributed by atoms with van der Waals surface area (Å²) in [4.78, 5) is 0.103. The van der Waals surface area contributed by atoms with Crippen molar-refractivity contribution in [2.45, 2.75) is 38.0 Å². The zero-order valence-electron chi connectivity index (χ0n) is 12.4. The summed E-state index contributed by atoms with van der Waals surface area (Å²) in [6.07, 6.45) is 2.38. The van der Waals surface area contributed by atoms with Crippen LogP contribution in [0.3, 0.4) is 0 Å². The number of halogens is 1. The van der Waals surface area contributed by atoms with Crippen LogP contribution in [0, 0.1) is 12.8 Å². The predicted octanol–water partition coefficient (Wildman–Crippen LogP) is 2.31. The molecular formula is C14H23ClN2O3S. The average molecular weight is 335 g/mol. The molecule has 0 fully saturated rings. The Bertz CT molecular complexity index is 570. The molecule has 1 aromatic carbocycles. The quantitative estimate of drug-likeness (QED) is 0.636. The Labute approximate surface area is 131 Å². The molecule has 0 aromatic heterocycles. The standard InChI is InChI=1S/C14H23ClN2O3S/c1-3-4-11(5-6-18)9-17-21(19,20)14-8-12(15)7-13(16)10(14)2/h7-8,11,17-18H,3-6,9,16H2,1-2H3. The molecule has 0 amide bonds. The van der Waals surface area contributed by atoms with E-state index in [1.165, 1.54) is 12.1 Å². The van der Waals surface area contributed by atoms with Gasteiger partial charge in [-0.15, -0.1) is 0 Å². The van der Waals surface area contributed by atoms with E-state index in [0.29, 0.717) is 29.2 Å². The summed E-state index contributed by atoms with van der Waals surface area (Å²) in [5.74, 6) is 0.117. The minimum absolute atomic E-state index is 0.0511. The fourth-order valence-corrected chi connectivity index (χ4v) is 3.90. The normalized spacial score (nSPS) is 13.3. The number of sulfonamides is 1. The molecule has 0 aliphatic carbocycles. The molecule has 1 rings (SSSR count). The molecule has 0 saturated carbocycles. The molecule has 1 atom stereocenters. The first-order valence-electron chi connectivity index (χ1n) is 6.98. The molecule has 7 heteroatoms. The molecule has 1 aromatic rings. The third-order valence-corrected chi connectivity index (χ3v) is 5.22. The predicted molar refractivity (Wildman–Crippen MR) is 85.9 cm³/mol. The number of aliphatic hydroxyl groups excluding tert-OH is 1. The lowest BCUT2D eigenvalue weighted by molar-refractivity contribution is 0.251. The van der Waals surface area contributed by atoms with E-state index in [4.69, 9.17) is 22.4 Å². The van der Waals surface area contributed by atoms with Gasteiger partial charge >= 0.3 is 0 Å². The largest absolute Gasteiger partial charge is 0.398 e.